The Kier molecular flexibility index (Phi) is 6.52. The van der Waals surface area contributed by atoms with E-state index in [1.165, 1.54) is 6.07 Å². The van der Waals surface area contributed by atoms with E-state index in [1.54, 1.807) is 42.3 Å². The smallest absolute Gasteiger partial charge is 0.248 e. The molecular formula is C26H21Cl2FN4O. The molecule has 3 aromatic carbocycles. The third kappa shape index (κ3) is 4.33. The predicted octanol–water partition coefficient (Wildman–Crippen LogP) is 5.97. The number of carbonyl (C=O) groups is 1. The first-order valence-corrected chi connectivity index (χ1v) is 11.2. The molecule has 34 heavy (non-hydrogen) atoms. The fourth-order valence-corrected chi connectivity index (χ4v) is 4.47. The van der Waals surface area contributed by atoms with Crippen LogP contribution in [0.5, 0.6) is 0 Å². The molecule has 0 aromatic heterocycles. The van der Waals surface area contributed by atoms with Crippen molar-refractivity contribution in [3.05, 3.63) is 88.2 Å². The zero-order valence-electron chi connectivity index (χ0n) is 18.4. The van der Waals surface area contributed by atoms with Gasteiger partial charge in [0.05, 0.1) is 33.9 Å². The number of amides is 1. The van der Waals surface area contributed by atoms with Crippen LogP contribution in [0.25, 0.3) is 16.8 Å². The molecule has 1 saturated heterocycles. The summed E-state index contributed by atoms with van der Waals surface area (Å²) in [5, 5.41) is 9.99. The van der Waals surface area contributed by atoms with E-state index in [1.807, 2.05) is 18.2 Å². The molecule has 0 saturated carbocycles. The Morgan fingerprint density at radius 3 is 2.56 bits per heavy atom. The number of carbonyl (C=O) groups excluding carboxylic acids is 1. The van der Waals surface area contributed by atoms with Gasteiger partial charge in [-0.2, -0.15) is 5.26 Å². The van der Waals surface area contributed by atoms with E-state index in [2.05, 4.69) is 17.5 Å². The van der Waals surface area contributed by atoms with Gasteiger partial charge >= 0.3 is 0 Å². The molecule has 0 unspecified atom stereocenters. The Labute approximate surface area is 207 Å². The first kappa shape index (κ1) is 23.6. The van der Waals surface area contributed by atoms with Crippen molar-refractivity contribution in [1.82, 2.24) is 0 Å². The van der Waals surface area contributed by atoms with Crippen molar-refractivity contribution in [2.45, 2.75) is 0 Å². The molecule has 2 N–H and O–H groups in total. The number of nitrogens with two attached hydrogens (primary N) is 1. The fraction of sp³-hybridized carbons (Fsp3) is 0.154. The van der Waals surface area contributed by atoms with Crippen LogP contribution < -0.4 is 15.5 Å². The molecule has 0 atom stereocenters. The first-order chi connectivity index (χ1) is 16.2. The van der Waals surface area contributed by atoms with Crippen LogP contribution in [0.15, 0.2) is 61.2 Å². The number of primary amides is 1. The Bertz CT molecular complexity index is 1320. The molecule has 1 aliphatic rings. The van der Waals surface area contributed by atoms with Gasteiger partial charge in [-0.3, -0.25) is 4.79 Å². The van der Waals surface area contributed by atoms with Gasteiger partial charge < -0.3 is 15.5 Å². The van der Waals surface area contributed by atoms with Crippen LogP contribution in [0, 0.1) is 23.1 Å². The SMILES string of the molecule is C=C(c1c(F)cccc1Cl)N(C)c1ccc(-c2cc(C(N)=O)ccc2Cl)cc1N1CC(C#N)C1. The Morgan fingerprint density at radius 1 is 1.18 bits per heavy atom. The van der Waals surface area contributed by atoms with Gasteiger partial charge in [0.1, 0.15) is 5.82 Å². The molecule has 0 radical (unpaired) electrons. The highest BCUT2D eigenvalue weighted by atomic mass is 35.5. The number of halogens is 3. The zero-order valence-corrected chi connectivity index (χ0v) is 19.9. The lowest BCUT2D eigenvalue weighted by atomic mass is 9.97. The van der Waals surface area contributed by atoms with Crippen molar-refractivity contribution in [1.29, 1.82) is 5.26 Å². The lowest BCUT2D eigenvalue weighted by molar-refractivity contribution is 0.100. The van der Waals surface area contributed by atoms with Gasteiger partial charge in [-0.1, -0.05) is 41.9 Å². The molecule has 0 bridgehead atoms. The van der Waals surface area contributed by atoms with Crippen molar-refractivity contribution in [2.75, 3.05) is 29.9 Å². The van der Waals surface area contributed by atoms with Gasteiger partial charge in [0.25, 0.3) is 0 Å². The van der Waals surface area contributed by atoms with E-state index in [4.69, 9.17) is 28.9 Å². The number of anilines is 2. The molecule has 1 aliphatic heterocycles. The maximum Gasteiger partial charge on any atom is 0.248 e. The normalized spacial score (nSPS) is 13.2. The van der Waals surface area contributed by atoms with Crippen molar-refractivity contribution >= 4 is 46.2 Å². The number of benzene rings is 3. The topological polar surface area (TPSA) is 73.4 Å². The third-order valence-electron chi connectivity index (χ3n) is 5.96. The maximum atomic E-state index is 14.6. The molecule has 4 rings (SSSR count). The second-order valence-electron chi connectivity index (χ2n) is 8.10. The Balaban J connectivity index is 1.80. The summed E-state index contributed by atoms with van der Waals surface area (Å²) in [5.74, 6) is -1.09. The van der Waals surface area contributed by atoms with Gasteiger partial charge in [0.15, 0.2) is 0 Å². The van der Waals surface area contributed by atoms with Crippen LogP contribution in [-0.2, 0) is 0 Å². The summed E-state index contributed by atoms with van der Waals surface area (Å²) < 4.78 is 14.6. The van der Waals surface area contributed by atoms with Crippen LogP contribution >= 0.6 is 23.2 Å². The largest absolute Gasteiger partial charge is 0.367 e. The second kappa shape index (κ2) is 9.38. The van der Waals surface area contributed by atoms with Gasteiger partial charge in [-0.25, -0.2) is 4.39 Å². The predicted molar refractivity (Wildman–Crippen MR) is 136 cm³/mol. The van der Waals surface area contributed by atoms with E-state index in [-0.39, 0.29) is 16.5 Å². The number of hydrogen-bond donors (Lipinski definition) is 1. The quantitative estimate of drug-likeness (QED) is 0.458. The number of nitriles is 1. The number of nitrogens with zero attached hydrogens (tertiary/aromatic N) is 3. The molecule has 5 nitrogen and oxygen atoms in total. The lowest BCUT2D eigenvalue weighted by Crippen LogP contribution is -2.46. The van der Waals surface area contributed by atoms with Crippen molar-refractivity contribution in [3.63, 3.8) is 0 Å². The first-order valence-electron chi connectivity index (χ1n) is 10.5. The van der Waals surface area contributed by atoms with Crippen molar-refractivity contribution in [2.24, 2.45) is 11.7 Å². The molecule has 1 amide bonds. The van der Waals surface area contributed by atoms with E-state index < -0.39 is 11.7 Å². The molecule has 0 spiro atoms. The van der Waals surface area contributed by atoms with Crippen LogP contribution in [0.3, 0.4) is 0 Å². The fourth-order valence-electron chi connectivity index (χ4n) is 3.97. The average molecular weight is 495 g/mol. The highest BCUT2D eigenvalue weighted by molar-refractivity contribution is 6.33. The number of hydrogen-bond acceptors (Lipinski definition) is 4. The molecule has 172 valence electrons. The Morgan fingerprint density at radius 2 is 1.91 bits per heavy atom. The van der Waals surface area contributed by atoms with Crippen LogP contribution in [0.4, 0.5) is 15.8 Å². The van der Waals surface area contributed by atoms with Crippen LogP contribution in [0.2, 0.25) is 10.0 Å². The number of rotatable bonds is 6. The van der Waals surface area contributed by atoms with Crippen molar-refractivity contribution in [3.8, 4) is 17.2 Å². The summed E-state index contributed by atoms with van der Waals surface area (Å²) in [4.78, 5) is 15.5. The van der Waals surface area contributed by atoms with Gasteiger partial charge in [0.2, 0.25) is 5.91 Å². The lowest BCUT2D eigenvalue weighted by Gasteiger charge is -2.40. The summed E-state index contributed by atoms with van der Waals surface area (Å²) in [7, 11) is 1.78. The van der Waals surface area contributed by atoms with E-state index in [0.29, 0.717) is 34.9 Å². The van der Waals surface area contributed by atoms with Crippen LogP contribution in [-0.4, -0.2) is 26.0 Å². The molecule has 1 fully saturated rings. The minimum atomic E-state index is -0.549. The standard InChI is InChI=1S/C26H21Cl2FN4O/c1-15(25-21(28)4-3-5-22(25)29)32(2)23-9-7-17(11-24(23)33-13-16(12-30)14-33)19-10-18(26(31)34)6-8-20(19)27/h3-11,16H,1,13-14H2,2H3,(H2,31,34). The summed E-state index contributed by atoms with van der Waals surface area (Å²) in [5.41, 5.74) is 9.41. The average Bonchev–Trinajstić information content (AvgIpc) is 2.78. The van der Waals surface area contributed by atoms with Gasteiger partial charge in [-0.15, -0.1) is 0 Å². The molecule has 0 aliphatic carbocycles. The summed E-state index contributed by atoms with van der Waals surface area (Å²) in [6.45, 7) is 5.20. The molecule has 1 heterocycles. The van der Waals surface area contributed by atoms with Crippen LogP contribution in [0.1, 0.15) is 15.9 Å². The summed E-state index contributed by atoms with van der Waals surface area (Å²) in [6, 6.07) is 17.3. The van der Waals surface area contributed by atoms with E-state index in [9.17, 15) is 14.4 Å². The van der Waals surface area contributed by atoms with E-state index >= 15 is 0 Å². The van der Waals surface area contributed by atoms with Gasteiger partial charge in [-0.05, 0) is 48.0 Å². The zero-order chi connectivity index (χ0) is 24.6. The summed E-state index contributed by atoms with van der Waals surface area (Å²) >= 11 is 12.7. The molecular weight excluding hydrogens is 474 g/mol. The minimum absolute atomic E-state index is 0.0761. The Hall–Kier alpha value is -3.53. The second-order valence-corrected chi connectivity index (χ2v) is 8.91. The third-order valence-corrected chi connectivity index (χ3v) is 6.60. The molecule has 8 heteroatoms. The monoisotopic (exact) mass is 494 g/mol. The highest BCUT2D eigenvalue weighted by Crippen LogP contribution is 2.41. The minimum Gasteiger partial charge on any atom is -0.367 e. The molecule has 3 aromatic rings. The van der Waals surface area contributed by atoms with Gasteiger partial charge in [0, 0.05) is 42.0 Å². The van der Waals surface area contributed by atoms with E-state index in [0.717, 1.165) is 16.9 Å². The maximum absolute atomic E-state index is 14.6. The highest BCUT2D eigenvalue weighted by Gasteiger charge is 2.30. The summed E-state index contributed by atoms with van der Waals surface area (Å²) in [6.07, 6.45) is 0. The van der Waals surface area contributed by atoms with Crippen molar-refractivity contribution < 1.29 is 9.18 Å².